The van der Waals surface area contributed by atoms with Crippen molar-refractivity contribution >= 4 is 17.6 Å². The van der Waals surface area contributed by atoms with E-state index < -0.39 is 0 Å². The first-order chi connectivity index (χ1) is 7.65. The van der Waals surface area contributed by atoms with Crippen LogP contribution in [-0.4, -0.2) is 9.97 Å². The zero-order valence-electron chi connectivity index (χ0n) is 9.23. The number of nitrogen functional groups attached to an aromatic ring is 1. The van der Waals surface area contributed by atoms with E-state index in [2.05, 4.69) is 9.97 Å². The molecule has 16 heavy (non-hydrogen) atoms. The molecule has 0 unspecified atom stereocenters. The summed E-state index contributed by atoms with van der Waals surface area (Å²) < 4.78 is 5.21. The minimum atomic E-state index is 0.520. The van der Waals surface area contributed by atoms with Crippen molar-refractivity contribution in [2.75, 3.05) is 5.73 Å². The van der Waals surface area contributed by atoms with Crippen molar-refractivity contribution in [2.24, 2.45) is 0 Å². The first kappa shape index (κ1) is 11.0. The number of rotatable bonds is 3. The molecule has 0 fully saturated rings. The Balaban J connectivity index is 2.07. The first-order valence-electron chi connectivity index (χ1n) is 4.92. The van der Waals surface area contributed by atoms with Crippen molar-refractivity contribution in [3.63, 3.8) is 0 Å². The van der Waals surface area contributed by atoms with Gasteiger partial charge in [-0.3, -0.25) is 0 Å². The number of thioether (sulfide) groups is 1. The number of hydrogen-bond acceptors (Lipinski definition) is 5. The van der Waals surface area contributed by atoms with Crippen LogP contribution in [0.15, 0.2) is 27.7 Å². The lowest BCUT2D eigenvalue weighted by molar-refractivity contribution is 0.527. The van der Waals surface area contributed by atoms with Crippen LogP contribution in [0.4, 0.5) is 5.82 Å². The summed E-state index contributed by atoms with van der Waals surface area (Å²) in [6.07, 6.45) is 1.68. The van der Waals surface area contributed by atoms with Crippen LogP contribution < -0.4 is 5.73 Å². The Hall–Kier alpha value is -1.49. The van der Waals surface area contributed by atoms with Gasteiger partial charge in [0.15, 0.2) is 0 Å². The summed E-state index contributed by atoms with van der Waals surface area (Å²) in [6, 6.07) is 3.70. The van der Waals surface area contributed by atoms with E-state index in [1.807, 2.05) is 19.9 Å². The summed E-state index contributed by atoms with van der Waals surface area (Å²) in [7, 11) is 0. The first-order valence-corrected chi connectivity index (χ1v) is 5.90. The van der Waals surface area contributed by atoms with Crippen LogP contribution in [0.2, 0.25) is 0 Å². The molecule has 0 aliphatic carbocycles. The largest absolute Gasteiger partial charge is 0.468 e. The number of aryl methyl sites for hydroxylation is 2. The fourth-order valence-corrected chi connectivity index (χ4v) is 2.20. The van der Waals surface area contributed by atoms with E-state index in [1.165, 1.54) is 0 Å². The van der Waals surface area contributed by atoms with Crippen LogP contribution in [0.25, 0.3) is 0 Å². The van der Waals surface area contributed by atoms with Crippen LogP contribution in [-0.2, 0) is 5.75 Å². The molecule has 5 heteroatoms. The number of aromatic nitrogens is 2. The van der Waals surface area contributed by atoms with Crippen LogP contribution in [0.1, 0.15) is 17.3 Å². The summed E-state index contributed by atoms with van der Waals surface area (Å²) in [6.45, 7) is 3.85. The van der Waals surface area contributed by atoms with Crippen LogP contribution in [0.5, 0.6) is 0 Å². The van der Waals surface area contributed by atoms with E-state index in [-0.39, 0.29) is 0 Å². The van der Waals surface area contributed by atoms with Gasteiger partial charge in [-0.25, -0.2) is 9.97 Å². The lowest BCUT2D eigenvalue weighted by Gasteiger charge is -2.02. The molecule has 0 saturated heterocycles. The lowest BCUT2D eigenvalue weighted by atomic mass is 10.4. The molecule has 0 aliphatic heterocycles. The molecule has 0 aromatic carbocycles. The highest BCUT2D eigenvalue weighted by molar-refractivity contribution is 7.98. The summed E-state index contributed by atoms with van der Waals surface area (Å²) >= 11 is 1.65. The SMILES string of the molecule is Cc1cc(N)nc(CSc2ccoc2C)n1. The molecule has 0 bridgehead atoms. The highest BCUT2D eigenvalue weighted by Gasteiger charge is 2.05. The van der Waals surface area contributed by atoms with Crippen molar-refractivity contribution in [2.45, 2.75) is 24.5 Å². The highest BCUT2D eigenvalue weighted by atomic mass is 32.2. The van der Waals surface area contributed by atoms with E-state index in [9.17, 15) is 0 Å². The van der Waals surface area contributed by atoms with Gasteiger partial charge >= 0.3 is 0 Å². The Bertz CT molecular complexity index is 475. The number of nitrogens with zero attached hydrogens (tertiary/aromatic N) is 2. The Morgan fingerprint density at radius 1 is 1.38 bits per heavy atom. The number of anilines is 1. The van der Waals surface area contributed by atoms with Gasteiger partial charge in [-0.2, -0.15) is 0 Å². The zero-order valence-corrected chi connectivity index (χ0v) is 10.0. The molecule has 0 aliphatic rings. The van der Waals surface area contributed by atoms with E-state index in [1.54, 1.807) is 24.1 Å². The van der Waals surface area contributed by atoms with Gasteiger partial charge in [-0.05, 0) is 19.9 Å². The van der Waals surface area contributed by atoms with Gasteiger partial charge in [-0.1, -0.05) is 0 Å². The van der Waals surface area contributed by atoms with Crippen molar-refractivity contribution in [1.82, 2.24) is 9.97 Å². The third-order valence-corrected chi connectivity index (χ3v) is 3.23. The van der Waals surface area contributed by atoms with E-state index >= 15 is 0 Å². The normalized spacial score (nSPS) is 10.6. The van der Waals surface area contributed by atoms with E-state index in [0.717, 1.165) is 22.2 Å². The average molecular weight is 235 g/mol. The van der Waals surface area contributed by atoms with Gasteiger partial charge in [0.05, 0.1) is 12.0 Å². The molecule has 4 nitrogen and oxygen atoms in total. The number of hydrogen-bond donors (Lipinski definition) is 1. The van der Waals surface area contributed by atoms with Gasteiger partial charge in [-0.15, -0.1) is 11.8 Å². The zero-order chi connectivity index (χ0) is 11.5. The summed E-state index contributed by atoms with van der Waals surface area (Å²) in [5.74, 6) is 2.90. The maximum Gasteiger partial charge on any atom is 0.141 e. The lowest BCUT2D eigenvalue weighted by Crippen LogP contribution is -1.99. The van der Waals surface area contributed by atoms with Crippen LogP contribution in [0.3, 0.4) is 0 Å². The monoisotopic (exact) mass is 235 g/mol. The second-order valence-electron chi connectivity index (χ2n) is 3.48. The minimum Gasteiger partial charge on any atom is -0.468 e. The van der Waals surface area contributed by atoms with Crippen molar-refractivity contribution < 1.29 is 4.42 Å². The van der Waals surface area contributed by atoms with E-state index in [4.69, 9.17) is 10.2 Å². The summed E-state index contributed by atoms with van der Waals surface area (Å²) in [5.41, 5.74) is 6.55. The maximum absolute atomic E-state index is 5.66. The van der Waals surface area contributed by atoms with Gasteiger partial charge in [0, 0.05) is 16.7 Å². The Morgan fingerprint density at radius 2 is 2.19 bits per heavy atom. The molecule has 0 saturated carbocycles. The van der Waals surface area contributed by atoms with Crippen LogP contribution in [0, 0.1) is 13.8 Å². The molecule has 0 radical (unpaired) electrons. The van der Waals surface area contributed by atoms with Crippen LogP contribution >= 0.6 is 11.8 Å². The van der Waals surface area contributed by atoms with Gasteiger partial charge < -0.3 is 10.2 Å². The molecule has 2 aromatic heterocycles. The molecular formula is C11H13N3OS. The predicted molar refractivity (Wildman–Crippen MR) is 64.2 cm³/mol. The van der Waals surface area contributed by atoms with Gasteiger partial charge in [0.25, 0.3) is 0 Å². The molecule has 2 N–H and O–H groups in total. The second kappa shape index (κ2) is 4.57. The Labute approximate surface area is 98.3 Å². The molecule has 84 valence electrons. The van der Waals surface area contributed by atoms with Gasteiger partial charge in [0.1, 0.15) is 17.4 Å². The van der Waals surface area contributed by atoms with Gasteiger partial charge in [0.2, 0.25) is 0 Å². The smallest absolute Gasteiger partial charge is 0.141 e. The summed E-state index contributed by atoms with van der Waals surface area (Å²) in [5, 5.41) is 0. The fourth-order valence-electron chi connectivity index (χ4n) is 1.39. The predicted octanol–water partition coefficient (Wildman–Crippen LogP) is 2.56. The summed E-state index contributed by atoms with van der Waals surface area (Å²) in [4.78, 5) is 9.61. The molecule has 2 rings (SSSR count). The molecule has 2 heterocycles. The van der Waals surface area contributed by atoms with Crippen molar-refractivity contribution in [3.05, 3.63) is 35.7 Å². The third kappa shape index (κ3) is 2.55. The Morgan fingerprint density at radius 3 is 2.81 bits per heavy atom. The number of nitrogens with two attached hydrogens (primary N) is 1. The standard InChI is InChI=1S/C11H13N3OS/c1-7-5-10(12)14-11(13-7)6-16-9-3-4-15-8(9)2/h3-5H,6H2,1-2H3,(H2,12,13,14). The quantitative estimate of drug-likeness (QED) is 0.828. The number of furan rings is 1. The fraction of sp³-hybridized carbons (Fsp3) is 0.273. The van der Waals surface area contributed by atoms with Crippen molar-refractivity contribution in [1.29, 1.82) is 0 Å². The maximum atomic E-state index is 5.66. The average Bonchev–Trinajstić information content (AvgIpc) is 2.59. The molecular weight excluding hydrogens is 222 g/mol. The third-order valence-electron chi connectivity index (χ3n) is 2.09. The highest BCUT2D eigenvalue weighted by Crippen LogP contribution is 2.25. The molecule has 2 aromatic rings. The second-order valence-corrected chi connectivity index (χ2v) is 4.50. The molecule has 0 amide bonds. The van der Waals surface area contributed by atoms with E-state index in [0.29, 0.717) is 11.6 Å². The molecule has 0 atom stereocenters. The molecule has 0 spiro atoms. The minimum absolute atomic E-state index is 0.520. The van der Waals surface area contributed by atoms with Crippen molar-refractivity contribution in [3.8, 4) is 0 Å². The Kier molecular flexibility index (Phi) is 3.14. The topological polar surface area (TPSA) is 64.9 Å².